The smallest absolute Gasteiger partial charge is 0.0474 e. The first kappa shape index (κ1) is 13.2. The second-order valence-corrected chi connectivity index (χ2v) is 4.11. The highest BCUT2D eigenvalue weighted by molar-refractivity contribution is 5.23. The summed E-state index contributed by atoms with van der Waals surface area (Å²) in [6.45, 7) is 3.46. The predicted molar refractivity (Wildman–Crippen MR) is 67.2 cm³/mol. The third-order valence-electron chi connectivity index (χ3n) is 2.57. The van der Waals surface area contributed by atoms with Crippen molar-refractivity contribution >= 4 is 0 Å². The number of nitrogens with zero attached hydrogens (tertiary/aromatic N) is 1. The van der Waals surface area contributed by atoms with Crippen LogP contribution in [0.25, 0.3) is 0 Å². The van der Waals surface area contributed by atoms with Crippen molar-refractivity contribution in [2.75, 3.05) is 27.3 Å². The molecule has 3 nitrogen and oxygen atoms in total. The summed E-state index contributed by atoms with van der Waals surface area (Å²) in [5, 5.41) is 0. The van der Waals surface area contributed by atoms with Gasteiger partial charge in [0.15, 0.2) is 0 Å². The molecule has 3 heteroatoms. The highest BCUT2D eigenvalue weighted by Crippen LogP contribution is 2.07. The van der Waals surface area contributed by atoms with Gasteiger partial charge in [-0.05, 0) is 24.6 Å². The molecule has 1 aromatic carbocycles. The zero-order chi connectivity index (χ0) is 11.8. The van der Waals surface area contributed by atoms with Crippen molar-refractivity contribution in [2.24, 2.45) is 5.73 Å². The van der Waals surface area contributed by atoms with E-state index in [0.717, 1.165) is 26.1 Å². The monoisotopic (exact) mass is 222 g/mol. The maximum atomic E-state index is 5.62. The lowest BCUT2D eigenvalue weighted by atomic mass is 10.1. The Morgan fingerprint density at radius 1 is 1.31 bits per heavy atom. The average molecular weight is 222 g/mol. The summed E-state index contributed by atoms with van der Waals surface area (Å²) in [4.78, 5) is 2.30. The van der Waals surface area contributed by atoms with E-state index in [9.17, 15) is 0 Å². The molecule has 0 unspecified atom stereocenters. The minimum atomic E-state index is 0.612. The van der Waals surface area contributed by atoms with Crippen LogP contribution in [0.3, 0.4) is 0 Å². The Hall–Kier alpha value is -0.900. The predicted octanol–water partition coefficient (Wildman–Crippen LogP) is 1.61. The molecule has 90 valence electrons. The van der Waals surface area contributed by atoms with Crippen molar-refractivity contribution in [3.63, 3.8) is 0 Å². The van der Waals surface area contributed by atoms with Crippen molar-refractivity contribution in [3.05, 3.63) is 35.4 Å². The summed E-state index contributed by atoms with van der Waals surface area (Å²) in [6, 6.07) is 8.45. The number of rotatable bonds is 7. The van der Waals surface area contributed by atoms with Gasteiger partial charge in [0, 0.05) is 33.4 Å². The minimum absolute atomic E-state index is 0.612. The quantitative estimate of drug-likeness (QED) is 0.712. The summed E-state index contributed by atoms with van der Waals surface area (Å²) in [5.74, 6) is 0. The van der Waals surface area contributed by atoms with Gasteiger partial charge in [-0.2, -0.15) is 0 Å². The molecule has 0 aliphatic rings. The lowest BCUT2D eigenvalue weighted by molar-refractivity contribution is 0.178. The minimum Gasteiger partial charge on any atom is -0.385 e. The Kier molecular flexibility index (Phi) is 6.08. The molecule has 2 N–H and O–H groups in total. The lowest BCUT2D eigenvalue weighted by Crippen LogP contribution is -2.20. The molecule has 0 amide bonds. The fourth-order valence-corrected chi connectivity index (χ4v) is 1.72. The Bertz CT molecular complexity index is 302. The van der Waals surface area contributed by atoms with Crippen LogP contribution in [0.2, 0.25) is 0 Å². The number of ether oxygens (including phenoxy) is 1. The number of benzene rings is 1. The molecule has 0 spiro atoms. The van der Waals surface area contributed by atoms with Crippen LogP contribution in [0.4, 0.5) is 0 Å². The van der Waals surface area contributed by atoms with E-state index in [-0.39, 0.29) is 0 Å². The molecule has 0 aromatic heterocycles. The standard InChI is InChI=1S/C13H22N2O/c1-15(7-4-8-16-2)11-13-6-3-5-12(9-13)10-14/h3,5-6,9H,4,7-8,10-11,14H2,1-2H3. The summed E-state index contributed by atoms with van der Waals surface area (Å²) in [7, 11) is 3.87. The fraction of sp³-hybridized carbons (Fsp3) is 0.538. The van der Waals surface area contributed by atoms with E-state index >= 15 is 0 Å². The highest BCUT2D eigenvalue weighted by atomic mass is 16.5. The molecule has 16 heavy (non-hydrogen) atoms. The van der Waals surface area contributed by atoms with Crippen LogP contribution >= 0.6 is 0 Å². The molecule has 0 bridgehead atoms. The van der Waals surface area contributed by atoms with Gasteiger partial charge in [0.1, 0.15) is 0 Å². The van der Waals surface area contributed by atoms with Crippen LogP contribution in [0.15, 0.2) is 24.3 Å². The van der Waals surface area contributed by atoms with Gasteiger partial charge in [-0.1, -0.05) is 24.3 Å². The Morgan fingerprint density at radius 2 is 2.06 bits per heavy atom. The van der Waals surface area contributed by atoms with Crippen molar-refractivity contribution in [3.8, 4) is 0 Å². The summed E-state index contributed by atoms with van der Waals surface area (Å²) in [6.07, 6.45) is 1.07. The average Bonchev–Trinajstić information content (AvgIpc) is 2.29. The normalized spacial score (nSPS) is 11.0. The van der Waals surface area contributed by atoms with E-state index in [0.29, 0.717) is 6.54 Å². The molecule has 0 heterocycles. The van der Waals surface area contributed by atoms with Crippen molar-refractivity contribution in [2.45, 2.75) is 19.5 Å². The molecule has 0 aliphatic heterocycles. The van der Waals surface area contributed by atoms with E-state index < -0.39 is 0 Å². The molecule has 0 saturated heterocycles. The van der Waals surface area contributed by atoms with Crippen LogP contribution in [-0.4, -0.2) is 32.2 Å². The third-order valence-corrected chi connectivity index (χ3v) is 2.57. The van der Waals surface area contributed by atoms with Gasteiger partial charge in [0.05, 0.1) is 0 Å². The molecular formula is C13H22N2O. The number of methoxy groups -OCH3 is 1. The summed E-state index contributed by atoms with van der Waals surface area (Å²) in [5.41, 5.74) is 8.14. The van der Waals surface area contributed by atoms with Gasteiger partial charge in [0.25, 0.3) is 0 Å². The summed E-state index contributed by atoms with van der Waals surface area (Å²) >= 11 is 0. The molecular weight excluding hydrogens is 200 g/mol. The summed E-state index contributed by atoms with van der Waals surface area (Å²) < 4.78 is 5.04. The zero-order valence-electron chi connectivity index (χ0n) is 10.3. The van der Waals surface area contributed by atoms with Gasteiger partial charge in [-0.15, -0.1) is 0 Å². The van der Waals surface area contributed by atoms with Gasteiger partial charge in [0.2, 0.25) is 0 Å². The van der Waals surface area contributed by atoms with Crippen LogP contribution < -0.4 is 5.73 Å². The van der Waals surface area contributed by atoms with Crippen LogP contribution in [0.5, 0.6) is 0 Å². The Labute approximate surface area is 98.2 Å². The van der Waals surface area contributed by atoms with E-state index in [2.05, 4.69) is 36.2 Å². The van der Waals surface area contributed by atoms with Crippen molar-refractivity contribution < 1.29 is 4.74 Å². The van der Waals surface area contributed by atoms with Crippen LogP contribution in [0, 0.1) is 0 Å². The zero-order valence-corrected chi connectivity index (χ0v) is 10.3. The van der Waals surface area contributed by atoms with Crippen molar-refractivity contribution in [1.82, 2.24) is 4.90 Å². The second kappa shape index (κ2) is 7.39. The number of hydrogen-bond acceptors (Lipinski definition) is 3. The maximum Gasteiger partial charge on any atom is 0.0474 e. The number of hydrogen-bond donors (Lipinski definition) is 1. The molecule has 0 radical (unpaired) electrons. The highest BCUT2D eigenvalue weighted by Gasteiger charge is 2.00. The van der Waals surface area contributed by atoms with Gasteiger partial charge in [-0.25, -0.2) is 0 Å². The molecule has 0 atom stereocenters. The maximum absolute atomic E-state index is 5.62. The first-order chi connectivity index (χ1) is 7.76. The molecule has 1 aromatic rings. The van der Waals surface area contributed by atoms with E-state index in [4.69, 9.17) is 10.5 Å². The van der Waals surface area contributed by atoms with E-state index in [1.807, 2.05) is 0 Å². The third kappa shape index (κ3) is 4.75. The van der Waals surface area contributed by atoms with Crippen molar-refractivity contribution in [1.29, 1.82) is 0 Å². The molecule has 0 fully saturated rings. The Balaban J connectivity index is 2.39. The van der Waals surface area contributed by atoms with Crippen LogP contribution in [0.1, 0.15) is 17.5 Å². The molecule has 1 rings (SSSR count). The fourth-order valence-electron chi connectivity index (χ4n) is 1.72. The molecule has 0 saturated carbocycles. The molecule has 0 aliphatic carbocycles. The second-order valence-electron chi connectivity index (χ2n) is 4.11. The Morgan fingerprint density at radius 3 is 2.75 bits per heavy atom. The van der Waals surface area contributed by atoms with E-state index in [1.165, 1.54) is 11.1 Å². The van der Waals surface area contributed by atoms with E-state index in [1.54, 1.807) is 7.11 Å². The first-order valence-electron chi connectivity index (χ1n) is 5.71. The van der Waals surface area contributed by atoms with Gasteiger partial charge < -0.3 is 15.4 Å². The van der Waals surface area contributed by atoms with Gasteiger partial charge >= 0.3 is 0 Å². The lowest BCUT2D eigenvalue weighted by Gasteiger charge is -2.16. The van der Waals surface area contributed by atoms with Gasteiger partial charge in [-0.3, -0.25) is 0 Å². The number of nitrogens with two attached hydrogens (primary N) is 1. The SMILES string of the molecule is COCCCN(C)Cc1cccc(CN)c1. The largest absolute Gasteiger partial charge is 0.385 e. The van der Waals surface area contributed by atoms with Crippen LogP contribution in [-0.2, 0) is 17.8 Å². The topological polar surface area (TPSA) is 38.5 Å². The first-order valence-corrected chi connectivity index (χ1v) is 5.71.